The van der Waals surface area contributed by atoms with Crippen LogP contribution in [0.15, 0.2) is 42.5 Å². The fourth-order valence-corrected chi connectivity index (χ4v) is 2.97. The van der Waals surface area contributed by atoms with Gasteiger partial charge in [0.05, 0.1) is 22.2 Å². The molecule has 5 nitrogen and oxygen atoms in total. The zero-order chi connectivity index (χ0) is 19.4. The molecule has 3 aromatic rings. The lowest BCUT2D eigenvalue weighted by Crippen LogP contribution is -2.02. The largest absolute Gasteiger partial charge is 0.494 e. The second kappa shape index (κ2) is 8.46. The minimum absolute atomic E-state index is 0.0818. The molecule has 2 N–H and O–H groups in total. The van der Waals surface area contributed by atoms with Crippen LogP contribution in [0.5, 0.6) is 5.75 Å². The van der Waals surface area contributed by atoms with Crippen molar-refractivity contribution in [3.63, 3.8) is 0 Å². The number of carbonyl (C=O) groups is 1. The monoisotopic (exact) mass is 404 g/mol. The number of ether oxygens (including phenoxy) is 1. The Kier molecular flexibility index (Phi) is 6.04. The summed E-state index contributed by atoms with van der Waals surface area (Å²) in [6.07, 6.45) is 0.534. The minimum atomic E-state index is -0.829. The lowest BCUT2D eigenvalue weighted by atomic mass is 10.1. The van der Waals surface area contributed by atoms with Crippen molar-refractivity contribution in [2.24, 2.45) is 0 Å². The summed E-state index contributed by atoms with van der Waals surface area (Å²) >= 11 is 12.1. The van der Waals surface area contributed by atoms with Crippen LogP contribution in [-0.4, -0.2) is 22.7 Å². The molecule has 140 valence electrons. The van der Waals surface area contributed by atoms with E-state index in [1.54, 1.807) is 12.1 Å². The molecule has 3 rings (SSSR count). The van der Waals surface area contributed by atoms with Crippen LogP contribution in [-0.2, 0) is 4.79 Å². The summed E-state index contributed by atoms with van der Waals surface area (Å²) in [7, 11) is 0. The minimum Gasteiger partial charge on any atom is -0.494 e. The summed E-state index contributed by atoms with van der Waals surface area (Å²) in [4.78, 5) is 15.1. The first-order chi connectivity index (χ1) is 12.9. The molecule has 2 aromatic carbocycles. The molecular weight excluding hydrogens is 387 g/mol. The molecule has 0 aliphatic heterocycles. The van der Waals surface area contributed by atoms with Gasteiger partial charge in [-0.1, -0.05) is 23.2 Å². The highest BCUT2D eigenvalue weighted by atomic mass is 35.5. The van der Waals surface area contributed by atoms with E-state index in [-0.39, 0.29) is 6.42 Å². The van der Waals surface area contributed by atoms with E-state index in [2.05, 4.69) is 10.3 Å². The predicted octanol–water partition coefficient (Wildman–Crippen LogP) is 5.84. The first-order valence-electron chi connectivity index (χ1n) is 8.40. The number of hydrogen-bond acceptors (Lipinski definition) is 4. The zero-order valence-corrected chi connectivity index (χ0v) is 16.1. The summed E-state index contributed by atoms with van der Waals surface area (Å²) < 4.78 is 5.68. The smallest absolute Gasteiger partial charge is 0.303 e. The van der Waals surface area contributed by atoms with E-state index in [1.165, 1.54) is 0 Å². The number of aromatic nitrogens is 1. The highest BCUT2D eigenvalue weighted by molar-refractivity contribution is 6.42. The molecule has 0 spiro atoms. The normalized spacial score (nSPS) is 10.8. The number of anilines is 2. The molecular formula is C20H18Cl2N2O3. The lowest BCUT2D eigenvalue weighted by Gasteiger charge is -2.13. The Labute approximate surface area is 166 Å². The van der Waals surface area contributed by atoms with Gasteiger partial charge in [0.15, 0.2) is 0 Å². The first-order valence-corrected chi connectivity index (χ1v) is 9.16. The molecule has 0 radical (unpaired) electrons. The van der Waals surface area contributed by atoms with Crippen LogP contribution in [0.3, 0.4) is 0 Å². The van der Waals surface area contributed by atoms with Gasteiger partial charge in [0.2, 0.25) is 0 Å². The van der Waals surface area contributed by atoms with Crippen molar-refractivity contribution in [2.45, 2.75) is 19.8 Å². The van der Waals surface area contributed by atoms with Crippen molar-refractivity contribution in [1.29, 1.82) is 0 Å². The van der Waals surface area contributed by atoms with E-state index in [4.69, 9.17) is 33.0 Å². The van der Waals surface area contributed by atoms with Gasteiger partial charge in [-0.2, -0.15) is 0 Å². The number of rotatable bonds is 7. The van der Waals surface area contributed by atoms with Crippen LogP contribution >= 0.6 is 23.2 Å². The number of carboxylic acid groups (broad SMARTS) is 1. The average molecular weight is 405 g/mol. The molecule has 0 fully saturated rings. The quantitative estimate of drug-likeness (QED) is 0.484. The Bertz CT molecular complexity index is 992. The summed E-state index contributed by atoms with van der Waals surface area (Å²) in [6, 6.07) is 12.9. The van der Waals surface area contributed by atoms with Crippen LogP contribution in [0.1, 0.15) is 18.5 Å². The Morgan fingerprint density at radius 2 is 1.96 bits per heavy atom. The van der Waals surface area contributed by atoms with E-state index in [0.717, 1.165) is 28.0 Å². The number of nitrogens with one attached hydrogen (secondary N) is 1. The summed E-state index contributed by atoms with van der Waals surface area (Å²) in [5.41, 5.74) is 3.38. The molecule has 0 amide bonds. The molecule has 0 aliphatic carbocycles. The van der Waals surface area contributed by atoms with Crippen molar-refractivity contribution in [1.82, 2.24) is 4.98 Å². The van der Waals surface area contributed by atoms with Gasteiger partial charge in [-0.3, -0.25) is 9.78 Å². The van der Waals surface area contributed by atoms with Gasteiger partial charge < -0.3 is 15.2 Å². The van der Waals surface area contributed by atoms with Crippen LogP contribution < -0.4 is 10.1 Å². The fourth-order valence-electron chi connectivity index (χ4n) is 2.67. The molecule has 0 saturated heterocycles. The first kappa shape index (κ1) is 19.3. The summed E-state index contributed by atoms with van der Waals surface area (Å²) in [5.74, 6) is -0.166. The SMILES string of the molecule is Cc1cc(Nc2ccc(Cl)c(Cl)c2)c2cc(OCCCC(=O)O)ccc2n1. The summed E-state index contributed by atoms with van der Waals surface area (Å²) in [6.45, 7) is 2.27. The molecule has 0 unspecified atom stereocenters. The number of aryl methyl sites for hydroxylation is 1. The summed E-state index contributed by atoms with van der Waals surface area (Å²) in [5, 5.41) is 13.9. The van der Waals surface area contributed by atoms with Crippen molar-refractivity contribution >= 4 is 51.4 Å². The number of benzene rings is 2. The standard InChI is InChI=1S/C20H18Cl2N2O3/c1-12-9-19(24-13-4-6-16(21)17(22)10-13)15-11-14(5-7-18(15)23-12)27-8-2-3-20(25)26/h4-7,9-11H,2-3,8H2,1H3,(H,23,24)(H,25,26). The number of halogens is 2. The maximum Gasteiger partial charge on any atom is 0.303 e. The Morgan fingerprint density at radius 3 is 2.70 bits per heavy atom. The van der Waals surface area contributed by atoms with E-state index >= 15 is 0 Å². The molecule has 0 saturated carbocycles. The van der Waals surface area contributed by atoms with Crippen LogP contribution in [0.4, 0.5) is 11.4 Å². The molecule has 0 bridgehead atoms. The van der Waals surface area contributed by atoms with Crippen molar-refractivity contribution < 1.29 is 14.6 Å². The zero-order valence-electron chi connectivity index (χ0n) is 14.6. The Hall–Kier alpha value is -2.50. The van der Waals surface area contributed by atoms with Gasteiger partial charge >= 0.3 is 5.97 Å². The second-order valence-corrected chi connectivity index (χ2v) is 6.90. The van der Waals surface area contributed by atoms with Gasteiger partial charge in [0, 0.05) is 28.9 Å². The van der Waals surface area contributed by atoms with Gasteiger partial charge in [-0.05, 0) is 55.8 Å². The Morgan fingerprint density at radius 1 is 1.15 bits per heavy atom. The van der Waals surface area contributed by atoms with E-state index in [0.29, 0.717) is 28.8 Å². The maximum absolute atomic E-state index is 10.6. The van der Waals surface area contributed by atoms with E-state index < -0.39 is 5.97 Å². The van der Waals surface area contributed by atoms with Gasteiger partial charge in [0.25, 0.3) is 0 Å². The number of aliphatic carboxylic acids is 1. The van der Waals surface area contributed by atoms with E-state index in [1.807, 2.05) is 37.3 Å². The third-order valence-electron chi connectivity index (χ3n) is 3.91. The number of pyridine rings is 1. The fraction of sp³-hybridized carbons (Fsp3) is 0.200. The third-order valence-corrected chi connectivity index (χ3v) is 4.65. The predicted molar refractivity (Wildman–Crippen MR) is 109 cm³/mol. The highest BCUT2D eigenvalue weighted by Crippen LogP contribution is 2.32. The van der Waals surface area contributed by atoms with Crippen LogP contribution in [0.2, 0.25) is 10.0 Å². The maximum atomic E-state index is 10.6. The van der Waals surface area contributed by atoms with Gasteiger partial charge in [0.1, 0.15) is 5.75 Å². The average Bonchev–Trinajstić information content (AvgIpc) is 2.62. The van der Waals surface area contributed by atoms with Crippen molar-refractivity contribution in [2.75, 3.05) is 11.9 Å². The Balaban J connectivity index is 1.87. The second-order valence-electron chi connectivity index (χ2n) is 6.09. The number of fused-ring (bicyclic) bond motifs is 1. The van der Waals surface area contributed by atoms with Gasteiger partial charge in [-0.25, -0.2) is 0 Å². The highest BCUT2D eigenvalue weighted by Gasteiger charge is 2.08. The van der Waals surface area contributed by atoms with Gasteiger partial charge in [-0.15, -0.1) is 0 Å². The molecule has 7 heteroatoms. The van der Waals surface area contributed by atoms with Crippen molar-refractivity contribution in [3.8, 4) is 5.75 Å². The molecule has 1 aromatic heterocycles. The van der Waals surface area contributed by atoms with Crippen LogP contribution in [0.25, 0.3) is 10.9 Å². The molecule has 27 heavy (non-hydrogen) atoms. The topological polar surface area (TPSA) is 71.5 Å². The van der Waals surface area contributed by atoms with Crippen LogP contribution in [0, 0.1) is 6.92 Å². The molecule has 1 heterocycles. The van der Waals surface area contributed by atoms with Crippen molar-refractivity contribution in [3.05, 3.63) is 58.2 Å². The number of hydrogen-bond donors (Lipinski definition) is 2. The number of carboxylic acids is 1. The third kappa shape index (κ3) is 5.02. The van der Waals surface area contributed by atoms with E-state index in [9.17, 15) is 4.79 Å². The lowest BCUT2D eigenvalue weighted by molar-refractivity contribution is -0.137. The molecule has 0 aliphatic rings. The number of nitrogens with zero attached hydrogens (tertiary/aromatic N) is 1. The molecule has 0 atom stereocenters.